The van der Waals surface area contributed by atoms with Gasteiger partial charge >= 0.3 is 0 Å². The van der Waals surface area contributed by atoms with Gasteiger partial charge in [-0.3, -0.25) is 0 Å². The van der Waals surface area contributed by atoms with Crippen molar-refractivity contribution < 1.29 is 8.83 Å². The molecular formula is C76H44O2. The largest absolute Gasteiger partial charge is 0.456 e. The van der Waals surface area contributed by atoms with E-state index in [4.69, 9.17) is 8.83 Å². The molecule has 0 aliphatic carbocycles. The summed E-state index contributed by atoms with van der Waals surface area (Å²) in [7, 11) is 0. The fraction of sp³-hybridized carbons (Fsp3) is 0. The average molecular weight is 989 g/mol. The molecule has 360 valence electrons. The third-order valence-corrected chi connectivity index (χ3v) is 16.7. The molecule has 17 rings (SSSR count). The van der Waals surface area contributed by atoms with Crippen molar-refractivity contribution in [2.75, 3.05) is 0 Å². The van der Waals surface area contributed by atoms with Crippen molar-refractivity contribution >= 4 is 119 Å². The van der Waals surface area contributed by atoms with Gasteiger partial charge < -0.3 is 8.83 Å². The van der Waals surface area contributed by atoms with Crippen LogP contribution in [0.3, 0.4) is 0 Å². The second-order valence-electron chi connectivity index (χ2n) is 21.1. The summed E-state index contributed by atoms with van der Waals surface area (Å²) in [5.41, 5.74) is 15.3. The van der Waals surface area contributed by atoms with Gasteiger partial charge in [0.2, 0.25) is 0 Å². The molecule has 0 bridgehead atoms. The first-order valence-corrected chi connectivity index (χ1v) is 26.9. The van der Waals surface area contributed by atoms with Crippen LogP contribution >= 0.6 is 0 Å². The van der Waals surface area contributed by atoms with Crippen molar-refractivity contribution in [3.8, 4) is 55.6 Å². The Morgan fingerprint density at radius 2 is 0.474 bits per heavy atom. The maximum Gasteiger partial charge on any atom is 0.136 e. The van der Waals surface area contributed by atoms with E-state index in [1.54, 1.807) is 0 Å². The predicted octanol–water partition coefficient (Wildman–Crippen LogP) is 21.9. The maximum absolute atomic E-state index is 6.76. The van der Waals surface area contributed by atoms with Gasteiger partial charge in [-0.15, -0.1) is 0 Å². The van der Waals surface area contributed by atoms with E-state index in [1.807, 2.05) is 0 Å². The zero-order valence-electron chi connectivity index (χ0n) is 42.2. The first-order valence-electron chi connectivity index (χ1n) is 26.9. The molecule has 15 aromatic carbocycles. The molecule has 78 heavy (non-hydrogen) atoms. The molecule has 0 saturated heterocycles. The van der Waals surface area contributed by atoms with Gasteiger partial charge in [0.15, 0.2) is 0 Å². The van der Waals surface area contributed by atoms with Crippen molar-refractivity contribution in [2.24, 2.45) is 0 Å². The highest BCUT2D eigenvalue weighted by Gasteiger charge is 2.22. The normalized spacial score (nSPS) is 12.1. The van der Waals surface area contributed by atoms with Crippen LogP contribution in [0.15, 0.2) is 276 Å². The van der Waals surface area contributed by atoms with E-state index in [1.165, 1.54) is 109 Å². The van der Waals surface area contributed by atoms with E-state index in [2.05, 4.69) is 267 Å². The molecule has 17 aromatic rings. The number of rotatable bonds is 5. The maximum atomic E-state index is 6.76. The summed E-state index contributed by atoms with van der Waals surface area (Å²) in [4.78, 5) is 0. The van der Waals surface area contributed by atoms with E-state index < -0.39 is 0 Å². The van der Waals surface area contributed by atoms with E-state index in [0.717, 1.165) is 66.1 Å². The van der Waals surface area contributed by atoms with Crippen molar-refractivity contribution in [2.45, 2.75) is 0 Å². The molecule has 2 aromatic heterocycles. The Morgan fingerprint density at radius 1 is 0.154 bits per heavy atom. The monoisotopic (exact) mass is 988 g/mol. The van der Waals surface area contributed by atoms with Crippen LogP contribution in [0.1, 0.15) is 0 Å². The summed E-state index contributed by atoms with van der Waals surface area (Å²) in [5, 5.41) is 21.3. The summed E-state index contributed by atoms with van der Waals surface area (Å²) in [6.45, 7) is 0. The van der Waals surface area contributed by atoms with E-state index in [9.17, 15) is 0 Å². The van der Waals surface area contributed by atoms with Gasteiger partial charge in [0.05, 0.1) is 0 Å². The standard InChI is InChI=1S/C76H44O2/c1-2-15-46(16-3-1)73-59-22-10-12-24-61(59)76(56-31-33-58-66-38-49-19-7-9-21-51(49)42-72(66)78-70(58)44-56)67-39-52(28-34-63(67)73)53-29-35-64-68(40-53)75(54-27-26-45-14-4-5-17-47(45)36-54)62-25-13-11-23-60(62)74(64)55-30-32-57-65-37-48-18-6-8-20-50(48)41-71(65)77-69(57)43-55/h1-44H. The van der Waals surface area contributed by atoms with Crippen LogP contribution in [0, 0.1) is 0 Å². The Labute approximate surface area is 448 Å². The van der Waals surface area contributed by atoms with Gasteiger partial charge in [0.25, 0.3) is 0 Å². The lowest BCUT2D eigenvalue weighted by Crippen LogP contribution is -1.93. The first kappa shape index (κ1) is 43.0. The van der Waals surface area contributed by atoms with E-state index >= 15 is 0 Å². The van der Waals surface area contributed by atoms with Crippen molar-refractivity contribution in [3.05, 3.63) is 267 Å². The minimum absolute atomic E-state index is 0.880. The molecule has 0 amide bonds. The average Bonchev–Trinajstić information content (AvgIpc) is 4.12. The molecule has 0 atom stereocenters. The molecule has 0 radical (unpaired) electrons. The molecule has 0 saturated carbocycles. The Kier molecular flexibility index (Phi) is 9.16. The predicted molar refractivity (Wildman–Crippen MR) is 331 cm³/mol. The molecule has 0 N–H and O–H groups in total. The number of fused-ring (bicyclic) bond motifs is 13. The highest BCUT2D eigenvalue weighted by molar-refractivity contribution is 6.25. The topological polar surface area (TPSA) is 26.3 Å². The minimum Gasteiger partial charge on any atom is -0.456 e. The van der Waals surface area contributed by atoms with Crippen LogP contribution in [0.4, 0.5) is 0 Å². The highest BCUT2D eigenvalue weighted by Crippen LogP contribution is 2.49. The molecule has 0 aliphatic heterocycles. The van der Waals surface area contributed by atoms with Crippen LogP contribution < -0.4 is 0 Å². The molecular weight excluding hydrogens is 945 g/mol. The van der Waals surface area contributed by atoms with Crippen LogP contribution in [0.5, 0.6) is 0 Å². The molecule has 0 spiro atoms. The summed E-state index contributed by atoms with van der Waals surface area (Å²) < 4.78 is 13.5. The van der Waals surface area contributed by atoms with E-state index in [0.29, 0.717) is 0 Å². The first-order chi connectivity index (χ1) is 38.6. The number of furan rings is 2. The smallest absolute Gasteiger partial charge is 0.136 e. The molecule has 2 heteroatoms. The SMILES string of the molecule is c1ccc(-c2c3ccccc3c(-c3ccc4c(c3)oc3cc5ccccc5cc34)c3cc(-c4ccc5c(-c6ccc7c(c6)oc6cc8ccccc8cc67)c6ccccc6c(-c6ccc7ccccc7c6)c5c4)ccc23)cc1. The van der Waals surface area contributed by atoms with Gasteiger partial charge in [-0.05, 0) is 198 Å². The third kappa shape index (κ3) is 6.50. The number of benzene rings is 15. The second-order valence-corrected chi connectivity index (χ2v) is 21.1. The van der Waals surface area contributed by atoms with Crippen LogP contribution in [-0.2, 0) is 0 Å². The summed E-state index contributed by atoms with van der Waals surface area (Å²) in [6, 6.07) is 98.2. The lowest BCUT2D eigenvalue weighted by molar-refractivity contribution is 0.669. The van der Waals surface area contributed by atoms with Crippen molar-refractivity contribution in [1.29, 1.82) is 0 Å². The lowest BCUT2D eigenvalue weighted by atomic mass is 9.83. The lowest BCUT2D eigenvalue weighted by Gasteiger charge is -2.20. The number of hydrogen-bond donors (Lipinski definition) is 0. The molecule has 2 heterocycles. The fourth-order valence-corrected chi connectivity index (χ4v) is 13.1. The minimum atomic E-state index is 0.880. The van der Waals surface area contributed by atoms with Crippen LogP contribution in [0.2, 0.25) is 0 Å². The van der Waals surface area contributed by atoms with Gasteiger partial charge in [0, 0.05) is 21.5 Å². The van der Waals surface area contributed by atoms with Gasteiger partial charge in [-0.2, -0.15) is 0 Å². The molecule has 0 fully saturated rings. The zero-order valence-corrected chi connectivity index (χ0v) is 42.2. The van der Waals surface area contributed by atoms with Gasteiger partial charge in [-0.1, -0.05) is 200 Å². The summed E-state index contributed by atoms with van der Waals surface area (Å²) in [6.07, 6.45) is 0. The van der Waals surface area contributed by atoms with Crippen molar-refractivity contribution in [3.63, 3.8) is 0 Å². The van der Waals surface area contributed by atoms with E-state index in [-0.39, 0.29) is 0 Å². The summed E-state index contributed by atoms with van der Waals surface area (Å²) >= 11 is 0. The Hall–Kier alpha value is -10.3. The second kappa shape index (κ2) is 16.6. The third-order valence-electron chi connectivity index (χ3n) is 16.7. The van der Waals surface area contributed by atoms with Crippen molar-refractivity contribution in [1.82, 2.24) is 0 Å². The molecule has 0 aliphatic rings. The molecule has 2 nitrogen and oxygen atoms in total. The Bertz CT molecular complexity index is 5380. The van der Waals surface area contributed by atoms with Gasteiger partial charge in [0.1, 0.15) is 22.3 Å². The molecule has 0 unspecified atom stereocenters. The summed E-state index contributed by atoms with van der Waals surface area (Å²) in [5.74, 6) is 0. The van der Waals surface area contributed by atoms with Gasteiger partial charge in [-0.25, -0.2) is 0 Å². The van der Waals surface area contributed by atoms with Crippen LogP contribution in [0.25, 0.3) is 175 Å². The quantitative estimate of drug-likeness (QED) is 0.161. The highest BCUT2D eigenvalue weighted by atomic mass is 16.3. The number of hydrogen-bond acceptors (Lipinski definition) is 2. The fourth-order valence-electron chi connectivity index (χ4n) is 13.1. The Balaban J connectivity index is 0.923. The van der Waals surface area contributed by atoms with Crippen LogP contribution in [-0.4, -0.2) is 0 Å². The Morgan fingerprint density at radius 3 is 0.962 bits per heavy atom. The zero-order chi connectivity index (χ0) is 51.0.